The first kappa shape index (κ1) is 16.0. The van der Waals surface area contributed by atoms with E-state index in [0.29, 0.717) is 5.82 Å². The molecule has 0 atom stereocenters. The third kappa shape index (κ3) is 2.63. The van der Waals surface area contributed by atoms with Crippen LogP contribution >= 0.6 is 0 Å². The van der Waals surface area contributed by atoms with Crippen molar-refractivity contribution in [1.82, 2.24) is 24.1 Å². The Bertz CT molecular complexity index is 1110. The van der Waals surface area contributed by atoms with Gasteiger partial charge in [-0.05, 0) is 49.5 Å². The summed E-state index contributed by atoms with van der Waals surface area (Å²) in [6.45, 7) is 5.57. The summed E-state index contributed by atoms with van der Waals surface area (Å²) >= 11 is 0. The van der Waals surface area contributed by atoms with Crippen LogP contribution in [0, 0.1) is 12.7 Å². The van der Waals surface area contributed by atoms with Crippen molar-refractivity contribution in [1.29, 1.82) is 0 Å². The fourth-order valence-corrected chi connectivity index (χ4v) is 2.90. The number of fused-ring (bicyclic) bond motifs is 1. The topological polar surface area (TPSA) is 60.0 Å². The monoisotopic (exact) mass is 348 g/mol. The molecule has 0 aliphatic heterocycles. The van der Waals surface area contributed by atoms with Crippen molar-refractivity contribution >= 4 is 11.5 Å². The first-order valence-electron chi connectivity index (χ1n) is 8.10. The molecule has 130 valence electrons. The maximum Gasteiger partial charge on any atom is 0.156 e. The Morgan fingerprint density at radius 1 is 1.12 bits per heavy atom. The molecule has 0 radical (unpaired) electrons. The lowest BCUT2D eigenvalue weighted by Gasteiger charge is -2.07. The lowest BCUT2D eigenvalue weighted by atomic mass is 10.1. The highest BCUT2D eigenvalue weighted by molar-refractivity contribution is 5.77. The molecule has 4 rings (SSSR count). The summed E-state index contributed by atoms with van der Waals surface area (Å²) in [7, 11) is 1.94. The largest absolute Gasteiger partial charge is 0.346 e. The van der Waals surface area contributed by atoms with E-state index in [4.69, 9.17) is 0 Å². The zero-order chi connectivity index (χ0) is 18.3. The van der Waals surface area contributed by atoms with Crippen LogP contribution in [-0.2, 0) is 7.05 Å². The Labute approximate surface area is 149 Å². The number of aromatic nitrogens is 5. The van der Waals surface area contributed by atoms with E-state index in [-0.39, 0.29) is 5.82 Å². The summed E-state index contributed by atoms with van der Waals surface area (Å²) < 4.78 is 17.0. The van der Waals surface area contributed by atoms with E-state index in [0.717, 1.165) is 34.1 Å². The number of benzene rings is 1. The highest BCUT2D eigenvalue weighted by Gasteiger charge is 2.18. The van der Waals surface area contributed by atoms with E-state index >= 15 is 0 Å². The van der Waals surface area contributed by atoms with Gasteiger partial charge in [0.15, 0.2) is 11.5 Å². The van der Waals surface area contributed by atoms with Gasteiger partial charge in [-0.15, -0.1) is 0 Å². The molecule has 0 aliphatic carbocycles. The lowest BCUT2D eigenvalue weighted by Crippen LogP contribution is -2.00. The van der Waals surface area contributed by atoms with Gasteiger partial charge in [0.25, 0.3) is 0 Å². The zero-order valence-electron chi connectivity index (χ0n) is 14.4. The van der Waals surface area contributed by atoms with E-state index in [2.05, 4.69) is 27.0 Å². The maximum atomic E-state index is 13.3. The van der Waals surface area contributed by atoms with E-state index in [1.807, 2.05) is 30.7 Å². The first-order valence-corrected chi connectivity index (χ1v) is 8.10. The number of imidazole rings is 2. The lowest BCUT2D eigenvalue weighted by molar-refractivity contribution is 0.628. The van der Waals surface area contributed by atoms with Crippen molar-refractivity contribution in [2.75, 3.05) is 5.32 Å². The molecule has 4 aromatic rings. The van der Waals surface area contributed by atoms with Gasteiger partial charge in [0, 0.05) is 12.6 Å². The van der Waals surface area contributed by atoms with Crippen LogP contribution in [0.25, 0.3) is 28.3 Å². The molecule has 3 heterocycles. The zero-order valence-corrected chi connectivity index (χ0v) is 14.4. The second kappa shape index (κ2) is 6.11. The van der Waals surface area contributed by atoms with Gasteiger partial charge in [-0.25, -0.2) is 18.9 Å². The smallest absolute Gasteiger partial charge is 0.156 e. The van der Waals surface area contributed by atoms with Gasteiger partial charge in [-0.3, -0.25) is 0 Å². The molecule has 1 N–H and O–H groups in total. The van der Waals surface area contributed by atoms with Crippen molar-refractivity contribution in [3.05, 3.63) is 67.0 Å². The summed E-state index contributed by atoms with van der Waals surface area (Å²) in [5.41, 5.74) is 3.94. The summed E-state index contributed by atoms with van der Waals surface area (Å²) in [5.74, 6) is 1.24. The van der Waals surface area contributed by atoms with Crippen LogP contribution < -0.4 is 5.32 Å². The van der Waals surface area contributed by atoms with Gasteiger partial charge in [-0.2, -0.15) is 5.10 Å². The third-order valence-corrected chi connectivity index (χ3v) is 4.25. The molecule has 0 aliphatic rings. The maximum absolute atomic E-state index is 13.3. The number of nitrogens with one attached hydrogen (secondary N) is 1. The average Bonchev–Trinajstić information content (AvgIpc) is 3.16. The minimum atomic E-state index is -0.275. The molecular weight excluding hydrogens is 331 g/mol. The van der Waals surface area contributed by atoms with Crippen LogP contribution in [-0.4, -0.2) is 24.1 Å². The predicted octanol–water partition coefficient (Wildman–Crippen LogP) is 3.80. The molecule has 0 bridgehead atoms. The van der Waals surface area contributed by atoms with Gasteiger partial charge in [0.1, 0.15) is 17.3 Å². The number of aryl methyl sites for hydroxylation is 1. The normalized spacial score (nSPS) is 11.0. The minimum absolute atomic E-state index is 0.275. The Hall–Kier alpha value is -3.48. The van der Waals surface area contributed by atoms with Crippen molar-refractivity contribution < 1.29 is 4.39 Å². The summed E-state index contributed by atoms with van der Waals surface area (Å²) in [5, 5.41) is 7.62. The summed E-state index contributed by atoms with van der Waals surface area (Å²) in [6, 6.07) is 10.1. The molecule has 0 unspecified atom stereocenters. The van der Waals surface area contributed by atoms with Crippen LogP contribution in [0.3, 0.4) is 0 Å². The molecule has 1 aromatic carbocycles. The Morgan fingerprint density at radius 3 is 2.62 bits per heavy atom. The number of halogens is 1. The average molecular weight is 348 g/mol. The minimum Gasteiger partial charge on any atom is -0.346 e. The fourth-order valence-electron chi connectivity index (χ4n) is 2.90. The Kier molecular flexibility index (Phi) is 3.76. The van der Waals surface area contributed by atoms with Crippen molar-refractivity contribution in [3.8, 4) is 22.6 Å². The van der Waals surface area contributed by atoms with Crippen molar-refractivity contribution in [2.24, 2.45) is 7.05 Å². The van der Waals surface area contributed by atoms with E-state index in [1.165, 1.54) is 12.1 Å². The standard InChI is InChI=1S/C19H17FN6/c1-4-21-16-11-26-17(23-16)10-9-15(24-26)19-18(22-12(2)25(19)3)13-5-7-14(20)8-6-13/h4-11,21H,1H2,2-3H3. The molecule has 0 amide bonds. The molecule has 26 heavy (non-hydrogen) atoms. The molecule has 0 saturated carbocycles. The van der Waals surface area contributed by atoms with Gasteiger partial charge >= 0.3 is 0 Å². The molecule has 7 heteroatoms. The van der Waals surface area contributed by atoms with Gasteiger partial charge in [0.2, 0.25) is 0 Å². The Balaban J connectivity index is 1.88. The van der Waals surface area contributed by atoms with Gasteiger partial charge in [-0.1, -0.05) is 6.58 Å². The predicted molar refractivity (Wildman–Crippen MR) is 99.1 cm³/mol. The van der Waals surface area contributed by atoms with Crippen LogP contribution in [0.5, 0.6) is 0 Å². The summed E-state index contributed by atoms with van der Waals surface area (Å²) in [6.07, 6.45) is 3.36. The van der Waals surface area contributed by atoms with Crippen LogP contribution in [0.1, 0.15) is 5.82 Å². The highest BCUT2D eigenvalue weighted by atomic mass is 19.1. The number of hydrogen-bond acceptors (Lipinski definition) is 4. The number of nitrogens with zero attached hydrogens (tertiary/aromatic N) is 5. The molecule has 3 aromatic heterocycles. The fraction of sp³-hybridized carbons (Fsp3) is 0.105. The van der Waals surface area contributed by atoms with E-state index in [1.54, 1.807) is 29.0 Å². The van der Waals surface area contributed by atoms with Crippen molar-refractivity contribution in [3.63, 3.8) is 0 Å². The van der Waals surface area contributed by atoms with Crippen LogP contribution in [0.4, 0.5) is 10.2 Å². The van der Waals surface area contributed by atoms with E-state index < -0.39 is 0 Å². The van der Waals surface area contributed by atoms with Crippen LogP contribution in [0.2, 0.25) is 0 Å². The molecule has 0 saturated heterocycles. The second-order valence-corrected chi connectivity index (χ2v) is 5.92. The molecular formula is C19H17FN6. The third-order valence-electron chi connectivity index (χ3n) is 4.25. The van der Waals surface area contributed by atoms with Crippen LogP contribution in [0.15, 0.2) is 55.4 Å². The molecule has 0 spiro atoms. The van der Waals surface area contributed by atoms with Gasteiger partial charge in [0.05, 0.1) is 17.6 Å². The van der Waals surface area contributed by atoms with Gasteiger partial charge < -0.3 is 9.88 Å². The number of anilines is 1. The number of rotatable bonds is 4. The second-order valence-electron chi connectivity index (χ2n) is 5.92. The Morgan fingerprint density at radius 2 is 1.88 bits per heavy atom. The SMILES string of the molecule is C=CNc1cn2nc(-c3c(-c4ccc(F)cc4)nc(C)n3C)ccc2n1. The molecule has 0 fully saturated rings. The number of hydrogen-bond donors (Lipinski definition) is 1. The first-order chi connectivity index (χ1) is 12.6. The highest BCUT2D eigenvalue weighted by Crippen LogP contribution is 2.31. The van der Waals surface area contributed by atoms with E-state index in [9.17, 15) is 4.39 Å². The molecule has 6 nitrogen and oxygen atoms in total. The quantitative estimate of drug-likeness (QED) is 0.609. The summed E-state index contributed by atoms with van der Waals surface area (Å²) in [4.78, 5) is 9.06. The van der Waals surface area contributed by atoms with Crippen molar-refractivity contribution in [2.45, 2.75) is 6.92 Å².